The number of aromatic hydroxyl groups is 1. The summed E-state index contributed by atoms with van der Waals surface area (Å²) in [5, 5.41) is 15.9. The van der Waals surface area contributed by atoms with Crippen LogP contribution < -0.4 is 15.4 Å². The third-order valence-electron chi connectivity index (χ3n) is 2.60. The van der Waals surface area contributed by atoms with Gasteiger partial charge in [-0.05, 0) is 24.1 Å². The van der Waals surface area contributed by atoms with Crippen LogP contribution in [0.25, 0.3) is 0 Å². The smallest absolute Gasteiger partial charge is 0.191 e. The van der Waals surface area contributed by atoms with Crippen molar-refractivity contribution in [3.05, 3.63) is 23.8 Å². The van der Waals surface area contributed by atoms with E-state index in [1.807, 2.05) is 12.1 Å². The molecule has 0 radical (unpaired) electrons. The van der Waals surface area contributed by atoms with Crippen molar-refractivity contribution in [3.63, 3.8) is 0 Å². The van der Waals surface area contributed by atoms with Crippen molar-refractivity contribution in [1.82, 2.24) is 10.6 Å². The molecule has 5 nitrogen and oxygen atoms in total. The summed E-state index contributed by atoms with van der Waals surface area (Å²) in [6.45, 7) is 2.49. The number of guanidine groups is 1. The number of nitrogens with zero attached hydrogens (tertiary/aromatic N) is 1. The summed E-state index contributed by atoms with van der Waals surface area (Å²) in [6.07, 6.45) is 1.08. The van der Waals surface area contributed by atoms with E-state index < -0.39 is 0 Å². The molecule has 1 aliphatic heterocycles. The second kappa shape index (κ2) is 7.30. The molecule has 1 aliphatic rings. The van der Waals surface area contributed by atoms with Gasteiger partial charge in [0.15, 0.2) is 17.5 Å². The fourth-order valence-electron chi connectivity index (χ4n) is 1.67. The van der Waals surface area contributed by atoms with Crippen LogP contribution in [-0.4, -0.2) is 31.3 Å². The molecule has 0 atom stereocenters. The Balaban J connectivity index is 0.00000162. The summed E-state index contributed by atoms with van der Waals surface area (Å²) in [5.41, 5.74) is 1.04. The number of hydrogen-bond acceptors (Lipinski definition) is 5. The average molecular weight is 363 g/mol. The molecule has 0 spiro atoms. The highest BCUT2D eigenvalue weighted by Gasteiger charge is 2.05. The number of aliphatic imine (C=N–C) groups is 1. The fraction of sp³-hybridized carbons (Fsp3) is 0.417. The lowest BCUT2D eigenvalue weighted by atomic mass is 10.2. The molecule has 0 unspecified atom stereocenters. The SMILES string of the molecule is COc1cc(CNC2=NCCCN2)ccc1O.I. The predicted molar refractivity (Wildman–Crippen MR) is 81.8 cm³/mol. The van der Waals surface area contributed by atoms with Crippen LogP contribution in [0.15, 0.2) is 23.2 Å². The van der Waals surface area contributed by atoms with Gasteiger partial charge in [-0.1, -0.05) is 6.07 Å². The fourth-order valence-corrected chi connectivity index (χ4v) is 1.67. The third kappa shape index (κ3) is 3.94. The number of ether oxygens (including phenoxy) is 1. The number of benzene rings is 1. The van der Waals surface area contributed by atoms with E-state index in [0.29, 0.717) is 12.3 Å². The van der Waals surface area contributed by atoms with Crippen LogP contribution in [0.2, 0.25) is 0 Å². The number of methoxy groups -OCH3 is 1. The van der Waals surface area contributed by atoms with Gasteiger partial charge in [0.1, 0.15) is 0 Å². The van der Waals surface area contributed by atoms with Crippen LogP contribution in [-0.2, 0) is 6.54 Å². The van der Waals surface area contributed by atoms with Gasteiger partial charge in [0.25, 0.3) is 0 Å². The van der Waals surface area contributed by atoms with Crippen molar-refractivity contribution >= 4 is 29.9 Å². The molecule has 1 heterocycles. The Labute approximate surface area is 124 Å². The molecule has 3 N–H and O–H groups in total. The van der Waals surface area contributed by atoms with E-state index in [9.17, 15) is 5.11 Å². The first-order chi connectivity index (χ1) is 8.29. The standard InChI is InChI=1S/C12H17N3O2.HI/c1-17-11-7-9(3-4-10(11)16)8-15-12-13-5-2-6-14-12;/h3-4,7,16H,2,5-6,8H2,1H3,(H2,13,14,15);1H. The predicted octanol–water partition coefficient (Wildman–Crippen LogP) is 1.46. The van der Waals surface area contributed by atoms with Gasteiger partial charge in [-0.25, -0.2) is 0 Å². The molecule has 0 saturated heterocycles. The summed E-state index contributed by atoms with van der Waals surface area (Å²) in [5.74, 6) is 1.48. The van der Waals surface area contributed by atoms with Crippen molar-refractivity contribution < 1.29 is 9.84 Å². The minimum absolute atomic E-state index is 0. The molecule has 2 rings (SSSR count). The molecular formula is C12H18IN3O2. The lowest BCUT2D eigenvalue weighted by Gasteiger charge is -2.16. The largest absolute Gasteiger partial charge is 0.504 e. The van der Waals surface area contributed by atoms with Crippen LogP contribution >= 0.6 is 24.0 Å². The van der Waals surface area contributed by atoms with E-state index in [2.05, 4.69) is 15.6 Å². The molecule has 0 saturated carbocycles. The molecule has 0 bridgehead atoms. The molecule has 6 heteroatoms. The second-order valence-electron chi connectivity index (χ2n) is 3.87. The summed E-state index contributed by atoms with van der Waals surface area (Å²) < 4.78 is 5.05. The van der Waals surface area contributed by atoms with Gasteiger partial charge in [0, 0.05) is 19.6 Å². The molecule has 1 aromatic rings. The number of phenols is 1. The average Bonchev–Trinajstić information content (AvgIpc) is 2.39. The van der Waals surface area contributed by atoms with E-state index in [0.717, 1.165) is 31.0 Å². The third-order valence-corrected chi connectivity index (χ3v) is 2.60. The lowest BCUT2D eigenvalue weighted by Crippen LogP contribution is -2.40. The molecular weight excluding hydrogens is 345 g/mol. The van der Waals surface area contributed by atoms with Gasteiger partial charge in [-0.3, -0.25) is 4.99 Å². The minimum Gasteiger partial charge on any atom is -0.504 e. The molecule has 0 fully saturated rings. The van der Waals surface area contributed by atoms with Gasteiger partial charge < -0.3 is 20.5 Å². The van der Waals surface area contributed by atoms with Crippen LogP contribution in [0.3, 0.4) is 0 Å². The zero-order valence-electron chi connectivity index (χ0n) is 10.3. The van der Waals surface area contributed by atoms with E-state index in [1.54, 1.807) is 13.2 Å². The first kappa shape index (κ1) is 14.9. The van der Waals surface area contributed by atoms with E-state index >= 15 is 0 Å². The van der Waals surface area contributed by atoms with E-state index in [4.69, 9.17) is 4.74 Å². The summed E-state index contributed by atoms with van der Waals surface area (Å²) in [7, 11) is 1.54. The van der Waals surface area contributed by atoms with Gasteiger partial charge in [0.2, 0.25) is 0 Å². The maximum atomic E-state index is 9.47. The molecule has 0 amide bonds. The number of rotatable bonds is 3. The second-order valence-corrected chi connectivity index (χ2v) is 3.87. The quantitative estimate of drug-likeness (QED) is 0.712. The molecule has 18 heavy (non-hydrogen) atoms. The number of hydrogen-bond donors (Lipinski definition) is 3. The van der Waals surface area contributed by atoms with E-state index in [-0.39, 0.29) is 29.7 Å². The van der Waals surface area contributed by atoms with E-state index in [1.165, 1.54) is 0 Å². The highest BCUT2D eigenvalue weighted by molar-refractivity contribution is 14.0. The van der Waals surface area contributed by atoms with Crippen LogP contribution in [0, 0.1) is 0 Å². The Hall–Kier alpha value is -1.18. The number of phenolic OH excluding ortho intramolecular Hbond substituents is 1. The maximum Gasteiger partial charge on any atom is 0.191 e. The van der Waals surface area contributed by atoms with Crippen LogP contribution in [0.1, 0.15) is 12.0 Å². The van der Waals surface area contributed by atoms with Crippen molar-refractivity contribution in [2.75, 3.05) is 20.2 Å². The first-order valence-electron chi connectivity index (χ1n) is 5.67. The van der Waals surface area contributed by atoms with Gasteiger partial charge in [0.05, 0.1) is 7.11 Å². The van der Waals surface area contributed by atoms with Crippen LogP contribution in [0.4, 0.5) is 0 Å². The van der Waals surface area contributed by atoms with Gasteiger partial charge in [-0.15, -0.1) is 24.0 Å². The highest BCUT2D eigenvalue weighted by Crippen LogP contribution is 2.26. The molecule has 0 aliphatic carbocycles. The Kier molecular flexibility index (Phi) is 6.03. The normalized spacial score (nSPS) is 13.9. The molecule has 0 aromatic heterocycles. The van der Waals surface area contributed by atoms with Crippen molar-refractivity contribution in [2.24, 2.45) is 4.99 Å². The van der Waals surface area contributed by atoms with Crippen molar-refractivity contribution in [2.45, 2.75) is 13.0 Å². The number of halogens is 1. The molecule has 100 valence electrons. The maximum absolute atomic E-state index is 9.47. The Bertz CT molecular complexity index is 424. The monoisotopic (exact) mass is 363 g/mol. The number of nitrogens with one attached hydrogen (secondary N) is 2. The topological polar surface area (TPSA) is 65.9 Å². The summed E-state index contributed by atoms with van der Waals surface area (Å²) >= 11 is 0. The van der Waals surface area contributed by atoms with Gasteiger partial charge in [-0.2, -0.15) is 0 Å². The minimum atomic E-state index is 0. The Morgan fingerprint density at radius 1 is 1.50 bits per heavy atom. The van der Waals surface area contributed by atoms with Crippen LogP contribution in [0.5, 0.6) is 11.5 Å². The zero-order chi connectivity index (χ0) is 12.1. The summed E-state index contributed by atoms with van der Waals surface area (Å²) in [4.78, 5) is 4.32. The summed E-state index contributed by atoms with van der Waals surface area (Å²) in [6, 6.07) is 5.30. The lowest BCUT2D eigenvalue weighted by molar-refractivity contribution is 0.373. The van der Waals surface area contributed by atoms with Crippen molar-refractivity contribution in [3.8, 4) is 11.5 Å². The highest BCUT2D eigenvalue weighted by atomic mass is 127. The molecule has 1 aromatic carbocycles. The Morgan fingerprint density at radius 3 is 3.00 bits per heavy atom. The zero-order valence-corrected chi connectivity index (χ0v) is 12.6. The van der Waals surface area contributed by atoms with Crippen molar-refractivity contribution in [1.29, 1.82) is 0 Å². The Morgan fingerprint density at radius 2 is 2.33 bits per heavy atom. The first-order valence-corrected chi connectivity index (χ1v) is 5.67. The van der Waals surface area contributed by atoms with Gasteiger partial charge >= 0.3 is 0 Å².